The molecule has 0 saturated carbocycles. The zero-order valence-electron chi connectivity index (χ0n) is 13.3. The minimum atomic E-state index is -0.435. The molecule has 1 fully saturated rings. The Bertz CT molecular complexity index is 625. The molecule has 2 aromatic rings. The molecule has 1 N–H and O–H groups in total. The quantitative estimate of drug-likeness (QED) is 0.920. The van der Waals surface area contributed by atoms with Crippen LogP contribution in [0.3, 0.4) is 0 Å². The average Bonchev–Trinajstić information content (AvgIpc) is 3.09. The van der Waals surface area contributed by atoms with Crippen LogP contribution in [-0.4, -0.2) is 37.4 Å². The first-order valence-corrected chi connectivity index (χ1v) is 7.93. The molecule has 3 rings (SSSR count). The van der Waals surface area contributed by atoms with Gasteiger partial charge in [-0.3, -0.25) is 14.6 Å². The SMILES string of the molecule is Cc1cncc(CN2CCC[C@H]2C[C@H](O)c2cnn(C)c2)c1. The number of aryl methyl sites for hydroxylation is 2. The van der Waals surface area contributed by atoms with Crippen molar-refractivity contribution in [3.8, 4) is 0 Å². The van der Waals surface area contributed by atoms with Crippen molar-refractivity contribution >= 4 is 0 Å². The van der Waals surface area contributed by atoms with E-state index in [0.717, 1.165) is 31.5 Å². The van der Waals surface area contributed by atoms with Crippen LogP contribution >= 0.6 is 0 Å². The molecule has 118 valence electrons. The van der Waals surface area contributed by atoms with Crippen molar-refractivity contribution in [2.24, 2.45) is 7.05 Å². The molecule has 3 heterocycles. The molecule has 0 amide bonds. The number of pyridine rings is 1. The summed E-state index contributed by atoms with van der Waals surface area (Å²) in [5.41, 5.74) is 3.36. The van der Waals surface area contributed by atoms with Crippen LogP contribution in [0.15, 0.2) is 30.9 Å². The van der Waals surface area contributed by atoms with E-state index in [-0.39, 0.29) is 0 Å². The summed E-state index contributed by atoms with van der Waals surface area (Å²) >= 11 is 0. The molecule has 0 aromatic carbocycles. The highest BCUT2D eigenvalue weighted by Crippen LogP contribution is 2.28. The fourth-order valence-electron chi connectivity index (χ4n) is 3.31. The van der Waals surface area contributed by atoms with E-state index in [9.17, 15) is 5.11 Å². The third-order valence-corrected chi connectivity index (χ3v) is 4.42. The van der Waals surface area contributed by atoms with Crippen LogP contribution in [0.5, 0.6) is 0 Å². The Balaban J connectivity index is 1.63. The molecular formula is C17H24N4O. The van der Waals surface area contributed by atoms with E-state index in [1.54, 1.807) is 10.9 Å². The van der Waals surface area contributed by atoms with Gasteiger partial charge in [0.25, 0.3) is 0 Å². The first-order valence-electron chi connectivity index (χ1n) is 7.93. The van der Waals surface area contributed by atoms with Gasteiger partial charge >= 0.3 is 0 Å². The van der Waals surface area contributed by atoms with Gasteiger partial charge in [0.05, 0.1) is 12.3 Å². The summed E-state index contributed by atoms with van der Waals surface area (Å²) in [6.07, 6.45) is 10.2. The Morgan fingerprint density at radius 2 is 2.23 bits per heavy atom. The third-order valence-electron chi connectivity index (χ3n) is 4.42. The van der Waals surface area contributed by atoms with Gasteiger partial charge in [0.15, 0.2) is 0 Å². The number of hydrogen-bond donors (Lipinski definition) is 1. The van der Waals surface area contributed by atoms with E-state index in [1.807, 2.05) is 25.6 Å². The highest BCUT2D eigenvalue weighted by molar-refractivity contribution is 5.17. The Hall–Kier alpha value is -1.72. The van der Waals surface area contributed by atoms with Crippen LogP contribution in [-0.2, 0) is 13.6 Å². The first-order chi connectivity index (χ1) is 10.6. The maximum atomic E-state index is 10.4. The molecule has 0 unspecified atom stereocenters. The van der Waals surface area contributed by atoms with E-state index in [0.29, 0.717) is 6.04 Å². The van der Waals surface area contributed by atoms with E-state index >= 15 is 0 Å². The number of aromatic nitrogens is 3. The van der Waals surface area contributed by atoms with Crippen molar-refractivity contribution < 1.29 is 5.11 Å². The molecule has 5 heteroatoms. The molecular weight excluding hydrogens is 276 g/mol. The smallest absolute Gasteiger partial charge is 0.0835 e. The molecule has 1 aliphatic rings. The van der Waals surface area contributed by atoms with Gasteiger partial charge in [-0.2, -0.15) is 5.10 Å². The van der Waals surface area contributed by atoms with Gasteiger partial charge in [0.1, 0.15) is 0 Å². The Morgan fingerprint density at radius 1 is 1.36 bits per heavy atom. The standard InChI is InChI=1S/C17H24N4O/c1-13-6-14(9-18-8-13)11-21-5-3-4-16(21)7-17(22)15-10-19-20(2)12-15/h6,8-10,12,16-17,22H,3-5,7,11H2,1-2H3/t16-,17-/m0/s1. The van der Waals surface area contributed by atoms with Gasteiger partial charge < -0.3 is 5.11 Å². The molecule has 0 radical (unpaired) electrons. The lowest BCUT2D eigenvalue weighted by Crippen LogP contribution is -2.30. The first kappa shape index (κ1) is 15.2. The van der Waals surface area contributed by atoms with Crippen molar-refractivity contribution in [2.45, 2.75) is 44.9 Å². The Morgan fingerprint density at radius 3 is 2.95 bits per heavy atom. The summed E-state index contributed by atoms with van der Waals surface area (Å²) < 4.78 is 1.74. The lowest BCUT2D eigenvalue weighted by atomic mass is 10.0. The minimum Gasteiger partial charge on any atom is -0.388 e. The molecule has 2 aromatic heterocycles. The molecule has 0 bridgehead atoms. The fourth-order valence-corrected chi connectivity index (χ4v) is 3.31. The number of hydrogen-bond acceptors (Lipinski definition) is 4. The average molecular weight is 300 g/mol. The van der Waals surface area contributed by atoms with Crippen LogP contribution in [0, 0.1) is 6.92 Å². The highest BCUT2D eigenvalue weighted by Gasteiger charge is 2.27. The van der Waals surface area contributed by atoms with Crippen LogP contribution in [0.4, 0.5) is 0 Å². The molecule has 22 heavy (non-hydrogen) atoms. The summed E-state index contributed by atoms with van der Waals surface area (Å²) in [5, 5.41) is 14.6. The second kappa shape index (κ2) is 6.58. The topological polar surface area (TPSA) is 54.2 Å². The van der Waals surface area contributed by atoms with Gasteiger partial charge in [0, 0.05) is 43.8 Å². The van der Waals surface area contributed by atoms with Gasteiger partial charge in [-0.05, 0) is 43.9 Å². The second-order valence-electron chi connectivity index (χ2n) is 6.34. The summed E-state index contributed by atoms with van der Waals surface area (Å²) in [5.74, 6) is 0. The fraction of sp³-hybridized carbons (Fsp3) is 0.529. The summed E-state index contributed by atoms with van der Waals surface area (Å²) in [4.78, 5) is 6.74. The lowest BCUT2D eigenvalue weighted by molar-refractivity contribution is 0.118. The van der Waals surface area contributed by atoms with Gasteiger partial charge in [-0.15, -0.1) is 0 Å². The highest BCUT2D eigenvalue weighted by atomic mass is 16.3. The number of aliphatic hydroxyl groups is 1. The number of nitrogens with zero attached hydrogens (tertiary/aromatic N) is 4. The number of likely N-dealkylation sites (tertiary alicyclic amines) is 1. The maximum absolute atomic E-state index is 10.4. The molecule has 0 aliphatic carbocycles. The summed E-state index contributed by atoms with van der Waals surface area (Å²) in [7, 11) is 1.88. The van der Waals surface area contributed by atoms with Crippen molar-refractivity contribution in [3.05, 3.63) is 47.5 Å². The second-order valence-corrected chi connectivity index (χ2v) is 6.34. The van der Waals surface area contributed by atoms with Crippen molar-refractivity contribution in [2.75, 3.05) is 6.54 Å². The van der Waals surface area contributed by atoms with Gasteiger partial charge in [-0.1, -0.05) is 6.07 Å². The van der Waals surface area contributed by atoms with Crippen molar-refractivity contribution in [1.82, 2.24) is 19.7 Å². The minimum absolute atomic E-state index is 0.427. The molecule has 5 nitrogen and oxygen atoms in total. The van der Waals surface area contributed by atoms with Gasteiger partial charge in [0.2, 0.25) is 0 Å². The number of rotatable bonds is 5. The zero-order chi connectivity index (χ0) is 15.5. The van der Waals surface area contributed by atoms with E-state index in [2.05, 4.69) is 28.0 Å². The van der Waals surface area contributed by atoms with Crippen molar-refractivity contribution in [1.29, 1.82) is 0 Å². The Kier molecular flexibility index (Phi) is 4.55. The largest absolute Gasteiger partial charge is 0.388 e. The van der Waals surface area contributed by atoms with Crippen molar-refractivity contribution in [3.63, 3.8) is 0 Å². The normalized spacial score (nSPS) is 20.4. The summed E-state index contributed by atoms with van der Waals surface area (Å²) in [6, 6.07) is 2.62. The van der Waals surface area contributed by atoms with Crippen LogP contribution in [0.1, 0.15) is 42.1 Å². The summed E-state index contributed by atoms with van der Waals surface area (Å²) in [6.45, 7) is 4.08. The number of aliphatic hydroxyl groups excluding tert-OH is 1. The molecule has 0 spiro atoms. The van der Waals surface area contributed by atoms with E-state index in [4.69, 9.17) is 0 Å². The zero-order valence-corrected chi connectivity index (χ0v) is 13.3. The lowest BCUT2D eigenvalue weighted by Gasteiger charge is -2.26. The maximum Gasteiger partial charge on any atom is 0.0835 e. The third kappa shape index (κ3) is 3.54. The predicted molar refractivity (Wildman–Crippen MR) is 85.2 cm³/mol. The van der Waals surface area contributed by atoms with Crippen LogP contribution < -0.4 is 0 Å². The van der Waals surface area contributed by atoms with E-state index < -0.39 is 6.10 Å². The van der Waals surface area contributed by atoms with E-state index in [1.165, 1.54) is 17.5 Å². The van der Waals surface area contributed by atoms with Crippen LogP contribution in [0.25, 0.3) is 0 Å². The Labute approximate surface area is 131 Å². The van der Waals surface area contributed by atoms with Gasteiger partial charge in [-0.25, -0.2) is 0 Å². The predicted octanol–water partition coefficient (Wildman–Crippen LogP) is 2.21. The van der Waals surface area contributed by atoms with Crippen LogP contribution in [0.2, 0.25) is 0 Å². The monoisotopic (exact) mass is 300 g/mol. The molecule has 1 saturated heterocycles. The molecule has 1 aliphatic heterocycles. The molecule has 2 atom stereocenters.